The minimum Gasteiger partial charge on any atom is -0.458 e. The molecule has 4 nitrogen and oxygen atoms in total. The Labute approximate surface area is 178 Å². The number of fused-ring (bicyclic) bond motifs is 23. The molecule has 0 heterocycles. The van der Waals surface area contributed by atoms with Gasteiger partial charge in [0.2, 0.25) is 0 Å². The Bertz CT molecular complexity index is 812. The van der Waals surface area contributed by atoms with Crippen molar-refractivity contribution in [3.05, 3.63) is 12.2 Å². The average Bonchev–Trinajstić information content (AvgIpc) is 3.49. The third-order valence-electron chi connectivity index (χ3n) is 11.8. The molecule has 8 bridgehead atoms. The van der Waals surface area contributed by atoms with E-state index in [1.165, 1.54) is 33.1 Å². The smallest absolute Gasteiger partial charge is 0.303 e. The maximum atomic E-state index is 11.9. The van der Waals surface area contributed by atoms with Crippen molar-refractivity contribution in [3.8, 4) is 0 Å². The minimum atomic E-state index is -0.223. The summed E-state index contributed by atoms with van der Waals surface area (Å²) in [6.45, 7) is 3.01. The van der Waals surface area contributed by atoms with Crippen LogP contribution in [0.5, 0.6) is 0 Å². The third kappa shape index (κ3) is 1.77. The Balaban J connectivity index is 1.15. The summed E-state index contributed by atoms with van der Waals surface area (Å²) in [6.07, 6.45) is 10.2. The number of rotatable bonds is 2. The van der Waals surface area contributed by atoms with Gasteiger partial charge in [0.15, 0.2) is 0 Å². The first-order valence-corrected chi connectivity index (χ1v) is 12.6. The Kier molecular flexibility index (Phi) is 3.08. The molecule has 8 aliphatic carbocycles. The Morgan fingerprint density at radius 3 is 1.37 bits per heavy atom. The van der Waals surface area contributed by atoms with Gasteiger partial charge in [0.25, 0.3) is 0 Å². The predicted octanol–water partition coefficient (Wildman–Crippen LogP) is 3.70. The summed E-state index contributed by atoms with van der Waals surface area (Å²) in [6, 6.07) is 0. The first-order valence-electron chi connectivity index (χ1n) is 12.6. The monoisotopic (exact) mass is 408 g/mol. The van der Waals surface area contributed by atoms with E-state index in [4.69, 9.17) is 9.47 Å². The summed E-state index contributed by atoms with van der Waals surface area (Å²) >= 11 is 0. The van der Waals surface area contributed by atoms with Gasteiger partial charge in [-0.05, 0) is 96.7 Å². The Morgan fingerprint density at radius 2 is 0.933 bits per heavy atom. The lowest BCUT2D eigenvalue weighted by Crippen LogP contribution is -2.52. The fraction of sp³-hybridized carbons (Fsp3) is 0.846. The van der Waals surface area contributed by atoms with Gasteiger partial charge in [-0.1, -0.05) is 12.2 Å². The van der Waals surface area contributed by atoms with Gasteiger partial charge in [0.1, 0.15) is 12.2 Å². The van der Waals surface area contributed by atoms with Gasteiger partial charge in [-0.3, -0.25) is 9.59 Å². The second-order valence-electron chi connectivity index (χ2n) is 12.3. The van der Waals surface area contributed by atoms with Gasteiger partial charge in [-0.2, -0.15) is 0 Å². The molecule has 0 aromatic carbocycles. The standard InChI is InChI=1S/C26H32O4/c1-9(27)29-25-17-8-18(26(25)30-10(2)28)24-16-7-15(23(17)24)21-13-6-14(22(16)21)20-12-4-3-11(5-12)19(13)20/h3-4,11-26H,5-8H2,1-2H3. The fourth-order valence-corrected chi connectivity index (χ4v) is 12.1. The van der Waals surface area contributed by atoms with Crippen LogP contribution < -0.4 is 0 Å². The zero-order chi connectivity index (χ0) is 20.0. The van der Waals surface area contributed by atoms with Gasteiger partial charge in [-0.25, -0.2) is 0 Å². The van der Waals surface area contributed by atoms with Gasteiger partial charge in [-0.15, -0.1) is 0 Å². The third-order valence-corrected chi connectivity index (χ3v) is 11.8. The summed E-state index contributed by atoms with van der Waals surface area (Å²) in [5, 5.41) is 0. The maximum Gasteiger partial charge on any atom is 0.303 e. The first kappa shape index (κ1) is 17.3. The van der Waals surface area contributed by atoms with Gasteiger partial charge in [0, 0.05) is 25.7 Å². The van der Waals surface area contributed by atoms with Crippen LogP contribution in [0, 0.1) is 82.9 Å². The van der Waals surface area contributed by atoms with Crippen molar-refractivity contribution in [2.24, 2.45) is 82.9 Å². The molecule has 0 aromatic rings. The van der Waals surface area contributed by atoms with Crippen LogP contribution in [0.3, 0.4) is 0 Å². The number of hydrogen-bond donors (Lipinski definition) is 0. The summed E-state index contributed by atoms with van der Waals surface area (Å²) in [7, 11) is 0. The molecule has 0 aliphatic heterocycles. The zero-order valence-corrected chi connectivity index (χ0v) is 17.9. The van der Waals surface area contributed by atoms with E-state index in [1.807, 2.05) is 0 Å². The van der Waals surface area contributed by atoms with Crippen molar-refractivity contribution in [3.63, 3.8) is 0 Å². The predicted molar refractivity (Wildman–Crippen MR) is 108 cm³/mol. The fourth-order valence-electron chi connectivity index (χ4n) is 12.1. The molecule has 0 aromatic heterocycles. The van der Waals surface area contributed by atoms with Crippen molar-refractivity contribution in [2.45, 2.75) is 51.7 Å². The van der Waals surface area contributed by atoms with Crippen LogP contribution in [-0.4, -0.2) is 24.1 Å². The summed E-state index contributed by atoms with van der Waals surface area (Å²) in [5.74, 6) is 11.1. The van der Waals surface area contributed by atoms with Crippen LogP contribution in [0.15, 0.2) is 12.2 Å². The van der Waals surface area contributed by atoms with E-state index in [-0.39, 0.29) is 24.1 Å². The van der Waals surface area contributed by atoms with Crippen LogP contribution in [-0.2, 0) is 19.1 Å². The van der Waals surface area contributed by atoms with Crippen LogP contribution in [0.2, 0.25) is 0 Å². The first-order chi connectivity index (χ1) is 14.5. The molecular weight excluding hydrogens is 376 g/mol. The largest absolute Gasteiger partial charge is 0.458 e. The molecule has 0 amide bonds. The zero-order valence-electron chi connectivity index (χ0n) is 17.9. The topological polar surface area (TPSA) is 52.6 Å². The van der Waals surface area contributed by atoms with Crippen LogP contribution in [0.1, 0.15) is 39.5 Å². The molecule has 160 valence electrons. The van der Waals surface area contributed by atoms with Crippen molar-refractivity contribution in [2.75, 3.05) is 0 Å². The molecular formula is C26H32O4. The number of esters is 2. The van der Waals surface area contributed by atoms with Gasteiger partial charge in [0.05, 0.1) is 0 Å². The number of ether oxygens (including phenoxy) is 2. The number of carbonyl (C=O) groups is 2. The lowest BCUT2D eigenvalue weighted by molar-refractivity contribution is -0.180. The second kappa shape index (κ2) is 5.35. The SMILES string of the molecule is CC(=O)OC1C2CC(C1OC(C)=O)C1C3CC(C21)C1C2CC(C4C5C=CC(C5)C24)C31. The van der Waals surface area contributed by atoms with E-state index >= 15 is 0 Å². The van der Waals surface area contributed by atoms with Crippen molar-refractivity contribution in [1.82, 2.24) is 0 Å². The molecule has 0 saturated heterocycles. The van der Waals surface area contributed by atoms with Gasteiger partial charge < -0.3 is 9.47 Å². The van der Waals surface area contributed by atoms with E-state index in [2.05, 4.69) is 12.2 Å². The highest BCUT2D eigenvalue weighted by Crippen LogP contribution is 2.80. The second-order valence-corrected chi connectivity index (χ2v) is 12.3. The highest BCUT2D eigenvalue weighted by molar-refractivity contribution is 5.67. The van der Waals surface area contributed by atoms with E-state index in [1.54, 1.807) is 0 Å². The molecule has 0 N–H and O–H groups in total. The lowest BCUT2D eigenvalue weighted by atomic mass is 9.55. The number of hydrogen-bond acceptors (Lipinski definition) is 4. The normalized spacial score (nSPS) is 63.9. The Hall–Kier alpha value is -1.32. The molecule has 7 fully saturated rings. The number of allylic oxidation sites excluding steroid dienone is 2. The van der Waals surface area contributed by atoms with Crippen LogP contribution in [0.25, 0.3) is 0 Å². The van der Waals surface area contributed by atoms with Crippen molar-refractivity contribution >= 4 is 11.9 Å². The highest BCUT2D eigenvalue weighted by Gasteiger charge is 2.77. The molecule has 7 saturated carbocycles. The molecule has 8 rings (SSSR count). The van der Waals surface area contributed by atoms with Crippen LogP contribution in [0.4, 0.5) is 0 Å². The molecule has 0 radical (unpaired) electrons. The molecule has 8 aliphatic rings. The molecule has 16 unspecified atom stereocenters. The van der Waals surface area contributed by atoms with Crippen molar-refractivity contribution in [1.29, 1.82) is 0 Å². The quantitative estimate of drug-likeness (QED) is 0.397. The van der Waals surface area contributed by atoms with E-state index in [0.717, 1.165) is 65.6 Å². The van der Waals surface area contributed by atoms with E-state index in [0.29, 0.717) is 23.7 Å². The molecule has 4 heteroatoms. The van der Waals surface area contributed by atoms with E-state index in [9.17, 15) is 9.59 Å². The summed E-state index contributed by atoms with van der Waals surface area (Å²) in [4.78, 5) is 23.8. The maximum absolute atomic E-state index is 11.9. The van der Waals surface area contributed by atoms with Crippen LogP contribution >= 0.6 is 0 Å². The Morgan fingerprint density at radius 1 is 0.567 bits per heavy atom. The molecule has 30 heavy (non-hydrogen) atoms. The van der Waals surface area contributed by atoms with Gasteiger partial charge >= 0.3 is 11.9 Å². The lowest BCUT2D eigenvalue weighted by Gasteiger charge is -2.51. The molecule has 16 atom stereocenters. The highest BCUT2D eigenvalue weighted by atomic mass is 16.6. The summed E-state index contributed by atoms with van der Waals surface area (Å²) in [5.41, 5.74) is 0. The van der Waals surface area contributed by atoms with E-state index < -0.39 is 0 Å². The summed E-state index contributed by atoms with van der Waals surface area (Å²) < 4.78 is 11.7. The van der Waals surface area contributed by atoms with Crippen molar-refractivity contribution < 1.29 is 19.1 Å². The minimum absolute atomic E-state index is 0.202. The molecule has 0 spiro atoms. The number of carbonyl (C=O) groups excluding carboxylic acids is 2. The average molecular weight is 409 g/mol.